The first-order chi connectivity index (χ1) is 14.4. The number of carbonyl (C=O) groups excluding carboxylic acids is 2. The van der Waals surface area contributed by atoms with Crippen molar-refractivity contribution >= 4 is 22.8 Å². The van der Waals surface area contributed by atoms with Gasteiger partial charge in [0.15, 0.2) is 6.61 Å². The molecule has 0 radical (unpaired) electrons. The Hall–Kier alpha value is -3.41. The van der Waals surface area contributed by atoms with E-state index in [4.69, 9.17) is 9.47 Å². The number of ether oxygens (including phenoxy) is 2. The average molecular weight is 406 g/mol. The molecule has 6 heteroatoms. The van der Waals surface area contributed by atoms with E-state index in [1.807, 2.05) is 62.4 Å². The number of aryl methyl sites for hydroxylation is 1. The molecule has 0 atom stereocenters. The molecule has 0 bridgehead atoms. The van der Waals surface area contributed by atoms with Gasteiger partial charge in [-0.15, -0.1) is 0 Å². The zero-order valence-electron chi connectivity index (χ0n) is 17.7. The summed E-state index contributed by atoms with van der Waals surface area (Å²) in [6.07, 6.45) is 0. The highest BCUT2D eigenvalue weighted by molar-refractivity contribution is 5.96. The SMILES string of the molecule is COc1ccc2nc(C)c(C(=O)OCC(=O)N(Cc3ccccc3)C(C)C)cc2c1. The van der Waals surface area contributed by atoms with Crippen molar-refractivity contribution in [3.63, 3.8) is 0 Å². The van der Waals surface area contributed by atoms with E-state index in [1.165, 1.54) is 0 Å². The van der Waals surface area contributed by atoms with E-state index in [0.717, 1.165) is 16.5 Å². The lowest BCUT2D eigenvalue weighted by atomic mass is 10.1. The number of rotatable bonds is 7. The molecule has 0 saturated carbocycles. The summed E-state index contributed by atoms with van der Waals surface area (Å²) in [6, 6.07) is 16.9. The third-order valence-corrected chi connectivity index (χ3v) is 4.90. The first-order valence-electron chi connectivity index (χ1n) is 9.85. The van der Waals surface area contributed by atoms with Gasteiger partial charge in [-0.05, 0) is 50.6 Å². The fourth-order valence-electron chi connectivity index (χ4n) is 3.21. The Balaban J connectivity index is 1.72. The van der Waals surface area contributed by atoms with Gasteiger partial charge in [-0.2, -0.15) is 0 Å². The summed E-state index contributed by atoms with van der Waals surface area (Å²) in [5.74, 6) is -0.132. The second-order valence-corrected chi connectivity index (χ2v) is 7.36. The van der Waals surface area contributed by atoms with Gasteiger partial charge >= 0.3 is 5.97 Å². The van der Waals surface area contributed by atoms with Crippen LogP contribution in [0.1, 0.15) is 35.5 Å². The van der Waals surface area contributed by atoms with Gasteiger partial charge in [0.25, 0.3) is 5.91 Å². The van der Waals surface area contributed by atoms with Gasteiger partial charge in [-0.3, -0.25) is 9.78 Å². The second-order valence-electron chi connectivity index (χ2n) is 7.36. The summed E-state index contributed by atoms with van der Waals surface area (Å²) in [6.45, 7) is 5.77. The molecule has 156 valence electrons. The van der Waals surface area contributed by atoms with E-state index in [0.29, 0.717) is 23.6 Å². The largest absolute Gasteiger partial charge is 0.497 e. The van der Waals surface area contributed by atoms with Crippen molar-refractivity contribution < 1.29 is 19.1 Å². The number of hydrogen-bond donors (Lipinski definition) is 0. The molecule has 2 aromatic carbocycles. The highest BCUT2D eigenvalue weighted by Gasteiger charge is 2.21. The van der Waals surface area contributed by atoms with E-state index in [9.17, 15) is 9.59 Å². The minimum Gasteiger partial charge on any atom is -0.497 e. The van der Waals surface area contributed by atoms with Gasteiger partial charge in [-0.25, -0.2) is 4.79 Å². The Morgan fingerprint density at radius 2 is 1.80 bits per heavy atom. The maximum Gasteiger partial charge on any atom is 0.340 e. The second kappa shape index (κ2) is 9.39. The standard InChI is InChI=1S/C24H26N2O4/c1-16(2)26(14-18-8-6-5-7-9-18)23(27)15-30-24(28)21-13-19-12-20(29-4)10-11-22(19)25-17(21)3/h5-13,16H,14-15H2,1-4H3. The van der Waals surface area contributed by atoms with E-state index in [1.54, 1.807) is 25.0 Å². The van der Waals surface area contributed by atoms with Gasteiger partial charge < -0.3 is 14.4 Å². The Morgan fingerprint density at radius 1 is 1.07 bits per heavy atom. The molecule has 0 aliphatic carbocycles. The third kappa shape index (κ3) is 4.95. The number of hydrogen-bond acceptors (Lipinski definition) is 5. The quantitative estimate of drug-likeness (QED) is 0.552. The minimum absolute atomic E-state index is 0.0204. The van der Waals surface area contributed by atoms with Crippen LogP contribution in [0.3, 0.4) is 0 Å². The Kier molecular flexibility index (Phi) is 6.67. The maximum absolute atomic E-state index is 12.7. The van der Waals surface area contributed by atoms with Crippen molar-refractivity contribution in [2.75, 3.05) is 13.7 Å². The predicted molar refractivity (Wildman–Crippen MR) is 115 cm³/mol. The summed E-state index contributed by atoms with van der Waals surface area (Å²) < 4.78 is 10.6. The first kappa shape index (κ1) is 21.3. The predicted octanol–water partition coefficient (Wildman–Crippen LogP) is 4.15. The van der Waals surface area contributed by atoms with Crippen LogP contribution in [-0.4, -0.2) is 41.5 Å². The third-order valence-electron chi connectivity index (χ3n) is 4.90. The molecule has 1 aromatic heterocycles. The van der Waals surface area contributed by atoms with Crippen LogP contribution in [0.5, 0.6) is 5.75 Å². The number of carbonyl (C=O) groups is 2. The number of aromatic nitrogens is 1. The van der Waals surface area contributed by atoms with Crippen LogP contribution in [0.25, 0.3) is 10.9 Å². The van der Waals surface area contributed by atoms with E-state index >= 15 is 0 Å². The van der Waals surface area contributed by atoms with Gasteiger partial charge in [0.1, 0.15) is 5.75 Å². The lowest BCUT2D eigenvalue weighted by Crippen LogP contribution is -2.39. The first-order valence-corrected chi connectivity index (χ1v) is 9.85. The van der Waals surface area contributed by atoms with Crippen molar-refractivity contribution in [2.45, 2.75) is 33.4 Å². The van der Waals surface area contributed by atoms with E-state index in [2.05, 4.69) is 4.98 Å². The number of esters is 1. The molecule has 0 unspecified atom stereocenters. The molecular weight excluding hydrogens is 380 g/mol. The Labute approximate surface area is 176 Å². The van der Waals surface area contributed by atoms with Crippen molar-refractivity contribution in [2.24, 2.45) is 0 Å². The molecule has 1 amide bonds. The van der Waals surface area contributed by atoms with Crippen LogP contribution in [0.4, 0.5) is 0 Å². The molecule has 0 aliphatic heterocycles. The zero-order chi connectivity index (χ0) is 21.7. The van der Waals surface area contributed by atoms with Crippen molar-refractivity contribution in [3.05, 3.63) is 71.4 Å². The van der Waals surface area contributed by atoms with Crippen LogP contribution >= 0.6 is 0 Å². The molecule has 0 fully saturated rings. The zero-order valence-corrected chi connectivity index (χ0v) is 17.7. The number of methoxy groups -OCH3 is 1. The Bertz CT molecular complexity index is 1050. The summed E-state index contributed by atoms with van der Waals surface area (Å²) in [4.78, 5) is 31.5. The van der Waals surface area contributed by atoms with Gasteiger partial charge in [-0.1, -0.05) is 30.3 Å². The molecule has 3 aromatic rings. The lowest BCUT2D eigenvalue weighted by molar-refractivity contribution is -0.136. The van der Waals surface area contributed by atoms with Crippen LogP contribution in [-0.2, 0) is 16.1 Å². The molecule has 0 N–H and O–H groups in total. The van der Waals surface area contributed by atoms with Gasteiger partial charge in [0.2, 0.25) is 0 Å². The number of amides is 1. The van der Waals surface area contributed by atoms with Gasteiger partial charge in [0, 0.05) is 18.0 Å². The molecule has 0 saturated heterocycles. The number of pyridine rings is 1. The molecule has 30 heavy (non-hydrogen) atoms. The number of nitrogens with zero attached hydrogens (tertiary/aromatic N) is 2. The molecule has 0 spiro atoms. The minimum atomic E-state index is -0.568. The Morgan fingerprint density at radius 3 is 2.47 bits per heavy atom. The molecule has 6 nitrogen and oxygen atoms in total. The normalized spacial score (nSPS) is 10.8. The summed E-state index contributed by atoms with van der Waals surface area (Å²) >= 11 is 0. The number of benzene rings is 2. The summed E-state index contributed by atoms with van der Waals surface area (Å²) in [5.41, 5.74) is 2.67. The van der Waals surface area contributed by atoms with Crippen LogP contribution in [0.15, 0.2) is 54.6 Å². The molecule has 0 aliphatic rings. The maximum atomic E-state index is 12.7. The lowest BCUT2D eigenvalue weighted by Gasteiger charge is -2.26. The molecule has 3 rings (SSSR count). The monoisotopic (exact) mass is 406 g/mol. The smallest absolute Gasteiger partial charge is 0.340 e. The van der Waals surface area contributed by atoms with Crippen molar-refractivity contribution in [3.8, 4) is 5.75 Å². The van der Waals surface area contributed by atoms with Crippen LogP contribution in [0, 0.1) is 6.92 Å². The summed E-state index contributed by atoms with van der Waals surface area (Å²) in [7, 11) is 1.58. The van der Waals surface area contributed by atoms with Crippen LogP contribution < -0.4 is 4.74 Å². The fraction of sp³-hybridized carbons (Fsp3) is 0.292. The summed E-state index contributed by atoms with van der Waals surface area (Å²) in [5, 5.41) is 0.770. The fourth-order valence-corrected chi connectivity index (χ4v) is 3.21. The van der Waals surface area contributed by atoms with Crippen LogP contribution in [0.2, 0.25) is 0 Å². The van der Waals surface area contributed by atoms with Gasteiger partial charge in [0.05, 0.1) is 23.9 Å². The topological polar surface area (TPSA) is 68.7 Å². The average Bonchev–Trinajstić information content (AvgIpc) is 2.75. The molecular formula is C24H26N2O4. The van der Waals surface area contributed by atoms with E-state index in [-0.39, 0.29) is 18.6 Å². The molecule has 1 heterocycles. The highest BCUT2D eigenvalue weighted by Crippen LogP contribution is 2.22. The number of fused-ring (bicyclic) bond motifs is 1. The van der Waals surface area contributed by atoms with Crippen molar-refractivity contribution in [1.29, 1.82) is 0 Å². The van der Waals surface area contributed by atoms with Crippen molar-refractivity contribution in [1.82, 2.24) is 9.88 Å². The highest BCUT2D eigenvalue weighted by atomic mass is 16.5. The van der Waals surface area contributed by atoms with E-state index < -0.39 is 5.97 Å².